The van der Waals surface area contributed by atoms with E-state index >= 15 is 0 Å². The van der Waals surface area contributed by atoms with Crippen LogP contribution < -0.4 is 0 Å². The van der Waals surface area contributed by atoms with E-state index in [4.69, 9.17) is 4.74 Å². The Balaban J connectivity index is 1.42. The van der Waals surface area contributed by atoms with Gasteiger partial charge in [0, 0.05) is 6.42 Å². The van der Waals surface area contributed by atoms with E-state index < -0.39 is 0 Å². The van der Waals surface area contributed by atoms with E-state index in [9.17, 15) is 0 Å². The van der Waals surface area contributed by atoms with Crippen LogP contribution in [-0.4, -0.2) is 11.7 Å². The van der Waals surface area contributed by atoms with Crippen molar-refractivity contribution < 1.29 is 4.74 Å². The summed E-state index contributed by atoms with van der Waals surface area (Å²) in [7, 11) is 0. The van der Waals surface area contributed by atoms with Crippen molar-refractivity contribution in [3.05, 3.63) is 35.9 Å². The van der Waals surface area contributed by atoms with Gasteiger partial charge in [-0.05, 0) is 59.3 Å². The van der Waals surface area contributed by atoms with Crippen LogP contribution in [0.25, 0.3) is 0 Å². The zero-order valence-corrected chi connectivity index (χ0v) is 10.9. The molecule has 2 heterocycles. The van der Waals surface area contributed by atoms with Crippen molar-refractivity contribution in [2.75, 3.05) is 0 Å². The fourth-order valence-electron chi connectivity index (χ4n) is 8.40. The lowest BCUT2D eigenvalue weighted by Gasteiger charge is -2.46. The summed E-state index contributed by atoms with van der Waals surface area (Å²) in [6.45, 7) is 0. The van der Waals surface area contributed by atoms with Crippen molar-refractivity contribution in [1.82, 2.24) is 0 Å². The van der Waals surface area contributed by atoms with Gasteiger partial charge in [-0.1, -0.05) is 30.3 Å². The van der Waals surface area contributed by atoms with Gasteiger partial charge in [0.2, 0.25) is 0 Å². The summed E-state index contributed by atoms with van der Waals surface area (Å²) in [4.78, 5) is 0. The van der Waals surface area contributed by atoms with Crippen LogP contribution in [0.15, 0.2) is 30.3 Å². The lowest BCUT2D eigenvalue weighted by atomic mass is 9.57. The molecule has 7 fully saturated rings. The number of hydrogen-bond acceptors (Lipinski definition) is 1. The fraction of sp³-hybridized carbons (Fsp3) is 0.667. The molecular formula is C18H18O. The molecule has 5 aliphatic carbocycles. The molecule has 4 bridgehead atoms. The Morgan fingerprint density at radius 2 is 1.84 bits per heavy atom. The van der Waals surface area contributed by atoms with Gasteiger partial charge in [-0.3, -0.25) is 0 Å². The van der Waals surface area contributed by atoms with Crippen LogP contribution in [0.5, 0.6) is 0 Å². The first-order chi connectivity index (χ1) is 9.40. The summed E-state index contributed by atoms with van der Waals surface area (Å²) in [5, 5.41) is 0. The van der Waals surface area contributed by atoms with Crippen molar-refractivity contribution in [2.24, 2.45) is 47.3 Å². The highest BCUT2D eigenvalue weighted by atomic mass is 16.5. The molecule has 96 valence electrons. The van der Waals surface area contributed by atoms with Crippen molar-refractivity contribution in [3.8, 4) is 0 Å². The minimum atomic E-state index is 0.290. The van der Waals surface area contributed by atoms with Gasteiger partial charge < -0.3 is 4.74 Å². The Labute approximate surface area is 113 Å². The normalized spacial score (nSPS) is 67.5. The Kier molecular flexibility index (Phi) is 1.17. The zero-order valence-electron chi connectivity index (χ0n) is 10.9. The van der Waals surface area contributed by atoms with E-state index in [0.717, 1.165) is 47.3 Å². The Morgan fingerprint density at radius 3 is 2.74 bits per heavy atom. The van der Waals surface area contributed by atoms with Crippen LogP contribution in [0.2, 0.25) is 0 Å². The number of ether oxygens (including phenoxy) is 1. The van der Waals surface area contributed by atoms with Gasteiger partial charge >= 0.3 is 0 Å². The zero-order chi connectivity index (χ0) is 11.9. The molecule has 2 aliphatic heterocycles. The summed E-state index contributed by atoms with van der Waals surface area (Å²) >= 11 is 0. The maximum atomic E-state index is 6.76. The first kappa shape index (κ1) is 9.18. The fourth-order valence-corrected chi connectivity index (χ4v) is 8.40. The van der Waals surface area contributed by atoms with Crippen molar-refractivity contribution in [1.29, 1.82) is 0 Å². The molecule has 0 aromatic heterocycles. The van der Waals surface area contributed by atoms with E-state index in [-0.39, 0.29) is 0 Å². The lowest BCUT2D eigenvalue weighted by molar-refractivity contribution is -0.0301. The van der Waals surface area contributed by atoms with E-state index in [1.54, 1.807) is 6.42 Å². The van der Waals surface area contributed by atoms with Gasteiger partial charge in [-0.2, -0.15) is 0 Å². The highest BCUT2D eigenvalue weighted by Gasteiger charge is 2.92. The SMILES string of the molecule is c1ccc(C[C@@]23O[C@@H]4[C@@H]5[C@@H]6[C@@H]7C[C@@H]([C@H]6[C@H]52)[C@H]3[C@@H]74)cc1. The molecule has 0 spiro atoms. The second kappa shape index (κ2) is 2.41. The van der Waals surface area contributed by atoms with Gasteiger partial charge in [0.25, 0.3) is 0 Å². The molecule has 1 heteroatoms. The van der Waals surface area contributed by atoms with Gasteiger partial charge in [-0.15, -0.1) is 0 Å². The van der Waals surface area contributed by atoms with Gasteiger partial charge in [0.15, 0.2) is 0 Å². The van der Waals surface area contributed by atoms with Crippen LogP contribution in [0.4, 0.5) is 0 Å². The third-order valence-electron chi connectivity index (χ3n) is 8.19. The average molecular weight is 250 g/mol. The third kappa shape index (κ3) is 0.665. The van der Waals surface area contributed by atoms with Crippen LogP contribution in [0.3, 0.4) is 0 Å². The van der Waals surface area contributed by atoms with E-state index in [2.05, 4.69) is 30.3 Å². The molecule has 1 aromatic rings. The minimum absolute atomic E-state index is 0.290. The molecule has 5 saturated carbocycles. The smallest absolute Gasteiger partial charge is 0.0795 e. The molecular weight excluding hydrogens is 232 g/mol. The monoisotopic (exact) mass is 250 g/mol. The third-order valence-corrected chi connectivity index (χ3v) is 8.19. The lowest BCUT2D eigenvalue weighted by Crippen LogP contribution is -2.49. The van der Waals surface area contributed by atoms with Crippen molar-refractivity contribution >= 4 is 0 Å². The Bertz CT molecular complexity index is 599. The average Bonchev–Trinajstić information content (AvgIpc) is 3.03. The van der Waals surface area contributed by atoms with Gasteiger partial charge in [0.05, 0.1) is 11.7 Å². The summed E-state index contributed by atoms with van der Waals surface area (Å²) in [5.74, 6) is 8.25. The first-order valence-electron chi connectivity index (χ1n) is 8.12. The number of rotatable bonds is 2. The van der Waals surface area contributed by atoms with Crippen molar-refractivity contribution in [2.45, 2.75) is 24.5 Å². The second-order valence-corrected chi connectivity index (χ2v) is 8.12. The summed E-state index contributed by atoms with van der Waals surface area (Å²) in [6, 6.07) is 11.1. The predicted molar refractivity (Wildman–Crippen MR) is 70.3 cm³/mol. The second-order valence-electron chi connectivity index (χ2n) is 8.12. The predicted octanol–water partition coefficient (Wildman–Crippen LogP) is 2.75. The molecule has 1 nitrogen and oxygen atoms in total. The molecule has 1 aromatic carbocycles. The molecule has 0 unspecified atom stereocenters. The molecule has 8 rings (SSSR count). The van der Waals surface area contributed by atoms with Crippen LogP contribution in [0.1, 0.15) is 12.0 Å². The Morgan fingerprint density at radius 1 is 0.947 bits per heavy atom. The highest BCUT2D eigenvalue weighted by molar-refractivity contribution is 5.40. The van der Waals surface area contributed by atoms with Gasteiger partial charge in [-0.25, -0.2) is 0 Å². The number of hydrogen-bond donors (Lipinski definition) is 0. The maximum absolute atomic E-state index is 6.76. The molecule has 2 saturated heterocycles. The van der Waals surface area contributed by atoms with Crippen molar-refractivity contribution in [3.63, 3.8) is 0 Å². The van der Waals surface area contributed by atoms with Gasteiger partial charge in [0.1, 0.15) is 0 Å². The molecule has 10 atom stereocenters. The van der Waals surface area contributed by atoms with E-state index in [0.29, 0.717) is 11.7 Å². The number of benzene rings is 1. The minimum Gasteiger partial charge on any atom is -0.370 e. The first-order valence-corrected chi connectivity index (χ1v) is 8.12. The Hall–Kier alpha value is -0.820. The largest absolute Gasteiger partial charge is 0.370 e. The van der Waals surface area contributed by atoms with Crippen LogP contribution in [-0.2, 0) is 11.2 Å². The molecule has 0 radical (unpaired) electrons. The maximum Gasteiger partial charge on any atom is 0.0795 e. The molecule has 19 heavy (non-hydrogen) atoms. The topological polar surface area (TPSA) is 9.23 Å². The molecule has 7 aliphatic rings. The van der Waals surface area contributed by atoms with E-state index in [1.807, 2.05) is 0 Å². The summed E-state index contributed by atoms with van der Waals surface area (Å²) in [5.41, 5.74) is 1.80. The quantitative estimate of drug-likeness (QED) is 0.784. The standard InChI is InChI=1S/C18H18O/c1-2-4-8(5-3-1)7-18-15-10-6-9-11-12(10)16(18)14(11)17(19-18)13(9)15/h1-5,9-17H,6-7H2/t9-,10-,11+,12+,13+,14+,15-,16+,17-,18-/m0/s1. The summed E-state index contributed by atoms with van der Waals surface area (Å²) < 4.78 is 6.76. The highest BCUT2D eigenvalue weighted by Crippen LogP contribution is 2.90. The van der Waals surface area contributed by atoms with Crippen LogP contribution in [0, 0.1) is 47.3 Å². The van der Waals surface area contributed by atoms with Crippen LogP contribution >= 0.6 is 0 Å². The molecule has 0 N–H and O–H groups in total. The molecule has 0 amide bonds. The summed E-state index contributed by atoms with van der Waals surface area (Å²) in [6.07, 6.45) is 3.48. The van der Waals surface area contributed by atoms with E-state index in [1.165, 1.54) is 12.0 Å².